The first-order chi connectivity index (χ1) is 10.9. The van der Waals surface area contributed by atoms with Crippen LogP contribution in [0.4, 0.5) is 0 Å². The number of aliphatic carboxylic acids is 1. The lowest BCUT2D eigenvalue weighted by atomic mass is 10.1. The van der Waals surface area contributed by atoms with E-state index in [1.165, 1.54) is 0 Å². The van der Waals surface area contributed by atoms with Gasteiger partial charge in [-0.05, 0) is 43.5 Å². The van der Waals surface area contributed by atoms with Crippen molar-refractivity contribution >= 4 is 22.8 Å². The summed E-state index contributed by atoms with van der Waals surface area (Å²) in [5.74, 6) is -1.37. The third-order valence-electron chi connectivity index (χ3n) is 3.97. The number of carbonyl (C=O) groups is 2. The molecule has 2 N–H and O–H groups in total. The molecule has 6 nitrogen and oxygen atoms in total. The number of carboxylic acids is 1. The van der Waals surface area contributed by atoms with E-state index in [0.717, 1.165) is 29.4 Å². The molecular weight excluding hydrogens is 296 g/mol. The first kappa shape index (κ1) is 17.0. The van der Waals surface area contributed by atoms with Crippen molar-refractivity contribution < 1.29 is 19.2 Å². The minimum Gasteiger partial charge on any atom is -0.480 e. The number of carboxylic acid groups (broad SMARTS) is 1. The monoisotopic (exact) mass is 318 g/mol. The average molecular weight is 318 g/mol. The molecule has 0 saturated carbocycles. The second kappa shape index (κ2) is 7.26. The summed E-state index contributed by atoms with van der Waals surface area (Å²) in [6, 6.07) is 2.97. The normalized spacial score (nSPS) is 12.3. The highest BCUT2D eigenvalue weighted by atomic mass is 16.5. The Bertz CT molecular complexity index is 721. The van der Waals surface area contributed by atoms with Gasteiger partial charge in [0.05, 0.1) is 6.42 Å². The molecule has 0 aliphatic rings. The number of benzene rings is 1. The molecule has 6 heteroatoms. The van der Waals surface area contributed by atoms with Crippen LogP contribution in [-0.4, -0.2) is 28.2 Å². The van der Waals surface area contributed by atoms with Crippen molar-refractivity contribution in [2.45, 2.75) is 52.5 Å². The number of nitrogens with zero attached hydrogens (tertiary/aromatic N) is 1. The van der Waals surface area contributed by atoms with Crippen molar-refractivity contribution in [1.82, 2.24) is 10.5 Å². The Morgan fingerprint density at radius 2 is 2.00 bits per heavy atom. The van der Waals surface area contributed by atoms with E-state index in [1.54, 1.807) is 0 Å². The molecule has 0 bridgehead atoms. The van der Waals surface area contributed by atoms with E-state index in [2.05, 4.69) is 10.5 Å². The number of aromatic nitrogens is 1. The molecule has 0 fully saturated rings. The molecule has 124 valence electrons. The quantitative estimate of drug-likeness (QED) is 0.819. The molecule has 0 aliphatic carbocycles. The fraction of sp³-hybridized carbons (Fsp3) is 0.471. The van der Waals surface area contributed by atoms with E-state index in [1.807, 2.05) is 32.9 Å². The van der Waals surface area contributed by atoms with Gasteiger partial charge >= 0.3 is 5.97 Å². The van der Waals surface area contributed by atoms with Gasteiger partial charge in [-0.2, -0.15) is 0 Å². The molecule has 1 aromatic heterocycles. The lowest BCUT2D eigenvalue weighted by Crippen LogP contribution is -2.41. The Labute approximate surface area is 134 Å². The van der Waals surface area contributed by atoms with Gasteiger partial charge in [0.25, 0.3) is 0 Å². The molecular formula is C17H22N2O4. The number of fused-ring (bicyclic) bond motifs is 1. The van der Waals surface area contributed by atoms with E-state index in [9.17, 15) is 9.59 Å². The largest absolute Gasteiger partial charge is 0.480 e. The number of rotatable bonds is 7. The maximum atomic E-state index is 12.1. The number of nitrogens with one attached hydrogen (secondary N) is 1. The lowest BCUT2D eigenvalue weighted by molar-refractivity contribution is -0.142. The van der Waals surface area contributed by atoms with Gasteiger partial charge in [-0.25, -0.2) is 4.79 Å². The van der Waals surface area contributed by atoms with Crippen molar-refractivity contribution in [3.63, 3.8) is 0 Å². The van der Waals surface area contributed by atoms with Gasteiger partial charge in [0.2, 0.25) is 5.91 Å². The highest BCUT2D eigenvalue weighted by Crippen LogP contribution is 2.23. The molecule has 0 radical (unpaired) electrons. The topological polar surface area (TPSA) is 92.4 Å². The Morgan fingerprint density at radius 3 is 2.65 bits per heavy atom. The Balaban J connectivity index is 2.10. The molecule has 1 unspecified atom stereocenters. The van der Waals surface area contributed by atoms with Crippen LogP contribution in [0.15, 0.2) is 16.7 Å². The van der Waals surface area contributed by atoms with Gasteiger partial charge in [0.1, 0.15) is 11.7 Å². The maximum absolute atomic E-state index is 12.1. The van der Waals surface area contributed by atoms with Crippen molar-refractivity contribution in [3.8, 4) is 0 Å². The van der Waals surface area contributed by atoms with Gasteiger partial charge in [0.15, 0.2) is 5.58 Å². The van der Waals surface area contributed by atoms with Gasteiger partial charge in [0, 0.05) is 5.39 Å². The van der Waals surface area contributed by atoms with Crippen molar-refractivity contribution in [2.75, 3.05) is 0 Å². The van der Waals surface area contributed by atoms with E-state index in [0.29, 0.717) is 17.7 Å². The van der Waals surface area contributed by atoms with E-state index in [-0.39, 0.29) is 12.3 Å². The Kier molecular flexibility index (Phi) is 5.36. The standard InChI is InChI=1S/C17H22N2O4/c1-4-5-6-13(17(21)22)18-16(20)9-14-12-7-10(2)11(3)8-15(12)23-19-14/h7-8,13H,4-6,9H2,1-3H3,(H,18,20)(H,21,22). The summed E-state index contributed by atoms with van der Waals surface area (Å²) in [6.07, 6.45) is 2.07. The lowest BCUT2D eigenvalue weighted by Gasteiger charge is -2.13. The highest BCUT2D eigenvalue weighted by molar-refractivity contribution is 5.89. The summed E-state index contributed by atoms with van der Waals surface area (Å²) >= 11 is 0. The van der Waals surface area contributed by atoms with Gasteiger partial charge < -0.3 is 14.9 Å². The Hall–Kier alpha value is -2.37. The zero-order chi connectivity index (χ0) is 17.0. The minimum atomic E-state index is -1.01. The van der Waals surface area contributed by atoms with Crippen LogP contribution in [0.2, 0.25) is 0 Å². The fourth-order valence-electron chi connectivity index (χ4n) is 2.43. The zero-order valence-corrected chi connectivity index (χ0v) is 13.7. The van der Waals surface area contributed by atoms with E-state index >= 15 is 0 Å². The number of amides is 1. The molecule has 1 amide bonds. The molecule has 2 rings (SSSR count). The van der Waals surface area contributed by atoms with Crippen LogP contribution in [0.3, 0.4) is 0 Å². The van der Waals surface area contributed by atoms with Gasteiger partial charge in [-0.3, -0.25) is 4.79 Å². The zero-order valence-electron chi connectivity index (χ0n) is 13.7. The SMILES string of the molecule is CCCCC(NC(=O)Cc1noc2cc(C)c(C)cc12)C(=O)O. The summed E-state index contributed by atoms with van der Waals surface area (Å²) in [6.45, 7) is 5.94. The number of unbranched alkanes of at least 4 members (excludes halogenated alkanes) is 1. The molecule has 1 heterocycles. The van der Waals surface area contributed by atoms with Crippen LogP contribution < -0.4 is 5.32 Å². The molecule has 1 atom stereocenters. The van der Waals surface area contributed by atoms with Gasteiger partial charge in [-0.15, -0.1) is 0 Å². The van der Waals surface area contributed by atoms with Crippen LogP contribution >= 0.6 is 0 Å². The van der Waals surface area contributed by atoms with Crippen LogP contribution in [0.5, 0.6) is 0 Å². The number of hydrogen-bond acceptors (Lipinski definition) is 4. The molecule has 2 aromatic rings. The summed E-state index contributed by atoms with van der Waals surface area (Å²) in [5.41, 5.74) is 3.35. The summed E-state index contributed by atoms with van der Waals surface area (Å²) in [7, 11) is 0. The molecule has 0 saturated heterocycles. The minimum absolute atomic E-state index is 0.00536. The molecule has 1 aromatic carbocycles. The van der Waals surface area contributed by atoms with E-state index in [4.69, 9.17) is 9.63 Å². The predicted molar refractivity (Wildman–Crippen MR) is 86.3 cm³/mol. The van der Waals surface area contributed by atoms with Crippen LogP contribution in [0.25, 0.3) is 11.0 Å². The molecule has 23 heavy (non-hydrogen) atoms. The first-order valence-electron chi connectivity index (χ1n) is 7.80. The summed E-state index contributed by atoms with van der Waals surface area (Å²) in [4.78, 5) is 23.3. The predicted octanol–water partition coefficient (Wildman–Crippen LogP) is 2.75. The highest BCUT2D eigenvalue weighted by Gasteiger charge is 2.21. The number of aryl methyl sites for hydroxylation is 2. The van der Waals surface area contributed by atoms with Crippen molar-refractivity contribution in [1.29, 1.82) is 0 Å². The fourth-order valence-corrected chi connectivity index (χ4v) is 2.43. The van der Waals surface area contributed by atoms with Crippen molar-refractivity contribution in [3.05, 3.63) is 29.0 Å². The number of hydrogen-bond donors (Lipinski definition) is 2. The third kappa shape index (κ3) is 4.09. The second-order valence-electron chi connectivity index (χ2n) is 5.84. The molecule has 0 aliphatic heterocycles. The van der Waals surface area contributed by atoms with E-state index < -0.39 is 12.0 Å². The maximum Gasteiger partial charge on any atom is 0.326 e. The average Bonchev–Trinajstić information content (AvgIpc) is 2.86. The summed E-state index contributed by atoms with van der Waals surface area (Å²) < 4.78 is 5.26. The van der Waals surface area contributed by atoms with Crippen LogP contribution in [-0.2, 0) is 16.0 Å². The van der Waals surface area contributed by atoms with Gasteiger partial charge in [-0.1, -0.05) is 24.9 Å². The second-order valence-corrected chi connectivity index (χ2v) is 5.84. The third-order valence-corrected chi connectivity index (χ3v) is 3.97. The van der Waals surface area contributed by atoms with Crippen LogP contribution in [0, 0.1) is 13.8 Å². The number of carbonyl (C=O) groups excluding carboxylic acids is 1. The molecule has 0 spiro atoms. The summed E-state index contributed by atoms with van der Waals surface area (Å²) in [5, 5.41) is 16.5. The van der Waals surface area contributed by atoms with Crippen molar-refractivity contribution in [2.24, 2.45) is 0 Å². The van der Waals surface area contributed by atoms with Crippen LogP contribution in [0.1, 0.15) is 43.0 Å². The Morgan fingerprint density at radius 1 is 1.30 bits per heavy atom. The smallest absolute Gasteiger partial charge is 0.326 e. The first-order valence-corrected chi connectivity index (χ1v) is 7.80.